The second kappa shape index (κ2) is 4.52. The van der Waals surface area contributed by atoms with Crippen molar-refractivity contribution in [2.45, 2.75) is 0 Å². The molecule has 0 heterocycles. The molecular formula is C13H8F3NO. The summed E-state index contributed by atoms with van der Waals surface area (Å²) in [6.07, 6.45) is 0. The van der Waals surface area contributed by atoms with E-state index in [2.05, 4.69) is 0 Å². The Morgan fingerprint density at radius 1 is 1.00 bits per heavy atom. The van der Waals surface area contributed by atoms with E-state index in [0.717, 1.165) is 18.2 Å². The highest BCUT2D eigenvalue weighted by Gasteiger charge is 2.14. The summed E-state index contributed by atoms with van der Waals surface area (Å²) in [5.41, 5.74) is 4.74. The maximum atomic E-state index is 13.5. The fraction of sp³-hybridized carbons (Fsp3) is 0. The first kappa shape index (κ1) is 12.2. The average Bonchev–Trinajstić information content (AvgIpc) is 2.33. The maximum Gasteiger partial charge on any atom is 0.251 e. The lowest BCUT2D eigenvalue weighted by Crippen LogP contribution is -2.13. The van der Waals surface area contributed by atoms with Gasteiger partial charge in [-0.2, -0.15) is 0 Å². The van der Waals surface area contributed by atoms with Gasteiger partial charge in [0.2, 0.25) is 0 Å². The smallest absolute Gasteiger partial charge is 0.251 e. The van der Waals surface area contributed by atoms with Crippen molar-refractivity contribution in [1.82, 2.24) is 0 Å². The van der Waals surface area contributed by atoms with Gasteiger partial charge in [-0.05, 0) is 23.8 Å². The SMILES string of the molecule is NC(=O)c1cc(-c2cccc(F)c2F)ccc1F. The Labute approximate surface area is 101 Å². The third-order valence-electron chi connectivity index (χ3n) is 2.49. The van der Waals surface area contributed by atoms with E-state index in [1.54, 1.807) is 0 Å². The van der Waals surface area contributed by atoms with Crippen LogP contribution in [0.3, 0.4) is 0 Å². The van der Waals surface area contributed by atoms with Gasteiger partial charge in [0.15, 0.2) is 11.6 Å². The van der Waals surface area contributed by atoms with Crippen LogP contribution in [0.1, 0.15) is 10.4 Å². The molecule has 0 bridgehead atoms. The number of amides is 1. The molecule has 0 aromatic heterocycles. The number of primary amides is 1. The summed E-state index contributed by atoms with van der Waals surface area (Å²) in [4.78, 5) is 11.0. The van der Waals surface area contributed by atoms with Gasteiger partial charge in [-0.3, -0.25) is 4.79 Å². The van der Waals surface area contributed by atoms with E-state index < -0.39 is 23.4 Å². The van der Waals surface area contributed by atoms with Crippen LogP contribution in [-0.2, 0) is 0 Å². The molecule has 0 spiro atoms. The third kappa shape index (κ3) is 2.07. The molecule has 2 rings (SSSR count). The van der Waals surface area contributed by atoms with Gasteiger partial charge >= 0.3 is 0 Å². The molecule has 0 saturated carbocycles. The number of hydrogen-bond donors (Lipinski definition) is 1. The topological polar surface area (TPSA) is 43.1 Å². The number of rotatable bonds is 2. The van der Waals surface area contributed by atoms with Gasteiger partial charge in [0.05, 0.1) is 5.56 Å². The normalized spacial score (nSPS) is 10.4. The molecule has 18 heavy (non-hydrogen) atoms. The molecule has 2 aromatic carbocycles. The summed E-state index contributed by atoms with van der Waals surface area (Å²) in [5.74, 6) is -3.84. The molecule has 0 aliphatic carbocycles. The van der Waals surface area contributed by atoms with Gasteiger partial charge in [0.1, 0.15) is 5.82 Å². The maximum absolute atomic E-state index is 13.5. The van der Waals surface area contributed by atoms with Crippen LogP contribution in [0.25, 0.3) is 11.1 Å². The molecule has 0 aliphatic heterocycles. The molecule has 92 valence electrons. The highest BCUT2D eigenvalue weighted by atomic mass is 19.2. The van der Waals surface area contributed by atoms with Crippen molar-refractivity contribution in [2.24, 2.45) is 5.73 Å². The van der Waals surface area contributed by atoms with Crippen LogP contribution in [0, 0.1) is 17.5 Å². The summed E-state index contributed by atoms with van der Waals surface area (Å²) < 4.78 is 39.8. The van der Waals surface area contributed by atoms with Crippen molar-refractivity contribution in [3.05, 3.63) is 59.4 Å². The van der Waals surface area contributed by atoms with Gasteiger partial charge in [0, 0.05) is 5.56 Å². The third-order valence-corrected chi connectivity index (χ3v) is 2.49. The summed E-state index contributed by atoms with van der Waals surface area (Å²) in [6.45, 7) is 0. The Balaban J connectivity index is 2.62. The molecule has 0 saturated heterocycles. The molecule has 0 radical (unpaired) electrons. The second-order valence-corrected chi connectivity index (χ2v) is 3.66. The molecule has 2 aromatic rings. The molecule has 2 N–H and O–H groups in total. The molecule has 0 atom stereocenters. The Bertz CT molecular complexity index is 626. The molecular weight excluding hydrogens is 243 g/mol. The largest absolute Gasteiger partial charge is 0.366 e. The number of benzene rings is 2. The van der Waals surface area contributed by atoms with Crippen molar-refractivity contribution in [1.29, 1.82) is 0 Å². The lowest BCUT2D eigenvalue weighted by atomic mass is 10.0. The van der Waals surface area contributed by atoms with Crippen LogP contribution >= 0.6 is 0 Å². The van der Waals surface area contributed by atoms with Gasteiger partial charge in [-0.25, -0.2) is 13.2 Å². The summed E-state index contributed by atoms with van der Waals surface area (Å²) in [5, 5.41) is 0. The molecule has 0 unspecified atom stereocenters. The number of nitrogens with two attached hydrogens (primary N) is 1. The van der Waals surface area contributed by atoms with Gasteiger partial charge in [-0.15, -0.1) is 0 Å². The Hall–Kier alpha value is -2.30. The van der Waals surface area contributed by atoms with Crippen LogP contribution in [0.4, 0.5) is 13.2 Å². The number of carbonyl (C=O) groups excluding carboxylic acids is 1. The number of carbonyl (C=O) groups is 1. The minimum absolute atomic E-state index is 0.0579. The molecule has 0 fully saturated rings. The van der Waals surface area contributed by atoms with Crippen molar-refractivity contribution < 1.29 is 18.0 Å². The average molecular weight is 251 g/mol. The molecule has 0 aliphatic rings. The predicted molar refractivity (Wildman–Crippen MR) is 60.3 cm³/mol. The van der Waals surface area contributed by atoms with Crippen molar-refractivity contribution in [2.75, 3.05) is 0 Å². The van der Waals surface area contributed by atoms with E-state index >= 15 is 0 Å². The highest BCUT2D eigenvalue weighted by molar-refractivity contribution is 5.94. The van der Waals surface area contributed by atoms with E-state index in [1.807, 2.05) is 0 Å². The van der Waals surface area contributed by atoms with Crippen LogP contribution in [0.2, 0.25) is 0 Å². The first-order chi connectivity index (χ1) is 8.50. The predicted octanol–water partition coefficient (Wildman–Crippen LogP) is 2.87. The minimum atomic E-state index is -1.06. The quantitative estimate of drug-likeness (QED) is 0.876. The summed E-state index contributed by atoms with van der Waals surface area (Å²) >= 11 is 0. The van der Waals surface area contributed by atoms with Gasteiger partial charge in [-0.1, -0.05) is 18.2 Å². The van der Waals surface area contributed by atoms with Crippen molar-refractivity contribution >= 4 is 5.91 Å². The van der Waals surface area contributed by atoms with E-state index in [0.29, 0.717) is 0 Å². The van der Waals surface area contributed by atoms with E-state index in [4.69, 9.17) is 5.73 Å². The lowest BCUT2D eigenvalue weighted by molar-refractivity contribution is 0.0996. The standard InChI is InChI=1S/C13H8F3NO/c14-10-5-4-7(6-9(10)13(17)18)8-2-1-3-11(15)12(8)16/h1-6H,(H2,17,18). The zero-order valence-corrected chi connectivity index (χ0v) is 9.08. The highest BCUT2D eigenvalue weighted by Crippen LogP contribution is 2.26. The van der Waals surface area contributed by atoms with E-state index in [1.165, 1.54) is 18.2 Å². The lowest BCUT2D eigenvalue weighted by Gasteiger charge is -2.06. The van der Waals surface area contributed by atoms with Crippen molar-refractivity contribution in [3.63, 3.8) is 0 Å². The minimum Gasteiger partial charge on any atom is -0.366 e. The molecule has 5 heteroatoms. The Kier molecular flexibility index (Phi) is 3.06. The fourth-order valence-corrected chi connectivity index (χ4v) is 1.61. The summed E-state index contributed by atoms with van der Waals surface area (Å²) in [7, 11) is 0. The van der Waals surface area contributed by atoms with Crippen molar-refractivity contribution in [3.8, 4) is 11.1 Å². The fourth-order valence-electron chi connectivity index (χ4n) is 1.61. The zero-order chi connectivity index (χ0) is 13.3. The zero-order valence-electron chi connectivity index (χ0n) is 9.08. The monoisotopic (exact) mass is 251 g/mol. The van der Waals surface area contributed by atoms with E-state index in [9.17, 15) is 18.0 Å². The van der Waals surface area contributed by atoms with Gasteiger partial charge in [0.25, 0.3) is 5.91 Å². The number of hydrogen-bond acceptors (Lipinski definition) is 1. The van der Waals surface area contributed by atoms with Gasteiger partial charge < -0.3 is 5.73 Å². The van der Waals surface area contributed by atoms with Crippen LogP contribution in [-0.4, -0.2) is 5.91 Å². The van der Waals surface area contributed by atoms with Crippen LogP contribution < -0.4 is 5.73 Å². The Morgan fingerprint density at radius 2 is 1.72 bits per heavy atom. The van der Waals surface area contributed by atoms with E-state index in [-0.39, 0.29) is 16.7 Å². The summed E-state index contributed by atoms with van der Waals surface area (Å²) in [6, 6.07) is 6.95. The van der Waals surface area contributed by atoms with Crippen LogP contribution in [0.5, 0.6) is 0 Å². The first-order valence-corrected chi connectivity index (χ1v) is 5.04. The number of halogens is 3. The Morgan fingerprint density at radius 3 is 2.39 bits per heavy atom. The first-order valence-electron chi connectivity index (χ1n) is 5.04. The molecule has 2 nitrogen and oxygen atoms in total. The van der Waals surface area contributed by atoms with Crippen LogP contribution in [0.15, 0.2) is 36.4 Å². The molecule has 1 amide bonds. The second-order valence-electron chi connectivity index (χ2n) is 3.66.